The van der Waals surface area contributed by atoms with Gasteiger partial charge in [0.25, 0.3) is 0 Å². The number of carbonyl (C=O) groups is 1. The molecule has 0 heterocycles. The molecule has 0 bridgehead atoms. The molecule has 0 spiro atoms. The van der Waals surface area contributed by atoms with Gasteiger partial charge in [0.2, 0.25) is 0 Å². The molecule has 0 aliphatic heterocycles. The van der Waals surface area contributed by atoms with Gasteiger partial charge in [-0.1, -0.05) is 36.4 Å². The van der Waals surface area contributed by atoms with Gasteiger partial charge in [-0.15, -0.1) is 0 Å². The number of rotatable bonds is 4. The molecule has 0 unspecified atom stereocenters. The number of carbonyl (C=O) groups excluding carboxylic acids is 1. The molecule has 0 aromatic heterocycles. The summed E-state index contributed by atoms with van der Waals surface area (Å²) >= 11 is 0. The van der Waals surface area contributed by atoms with Crippen molar-refractivity contribution in [2.75, 3.05) is 0 Å². The lowest BCUT2D eigenvalue weighted by molar-refractivity contribution is 0.0993. The van der Waals surface area contributed by atoms with Gasteiger partial charge in [-0.05, 0) is 53.1 Å². The maximum atomic E-state index is 12.2. The van der Waals surface area contributed by atoms with Crippen molar-refractivity contribution in [2.45, 2.75) is 6.42 Å². The zero-order valence-corrected chi connectivity index (χ0v) is 12.4. The Bertz CT molecular complexity index is 801. The lowest BCUT2D eigenvalue weighted by Gasteiger charge is -2.05. The molecule has 0 amide bonds. The van der Waals surface area contributed by atoms with E-state index in [1.807, 2.05) is 36.4 Å². The summed E-state index contributed by atoms with van der Waals surface area (Å²) in [6.45, 7) is 0. The van der Waals surface area contributed by atoms with E-state index in [9.17, 15) is 15.0 Å². The fraction of sp³-hybridized carbons (Fsp3) is 0.0500. The number of phenolic OH excluding ortho intramolecular Hbond substituents is 2. The average molecular weight is 304 g/mol. The van der Waals surface area contributed by atoms with Crippen molar-refractivity contribution in [3.05, 3.63) is 83.9 Å². The Kier molecular flexibility index (Phi) is 4.11. The van der Waals surface area contributed by atoms with Crippen LogP contribution in [-0.2, 0) is 6.42 Å². The fourth-order valence-electron chi connectivity index (χ4n) is 2.40. The van der Waals surface area contributed by atoms with Crippen LogP contribution in [0.25, 0.3) is 11.1 Å². The Morgan fingerprint density at radius 3 is 1.61 bits per heavy atom. The molecule has 3 heteroatoms. The van der Waals surface area contributed by atoms with Crippen LogP contribution in [0.2, 0.25) is 0 Å². The highest BCUT2D eigenvalue weighted by atomic mass is 16.3. The number of ketones is 1. The highest BCUT2D eigenvalue weighted by Gasteiger charge is 2.07. The van der Waals surface area contributed by atoms with Gasteiger partial charge in [0.05, 0.1) is 0 Å². The Labute approximate surface area is 134 Å². The van der Waals surface area contributed by atoms with Crippen LogP contribution >= 0.6 is 0 Å². The van der Waals surface area contributed by atoms with E-state index in [0.717, 1.165) is 16.7 Å². The lowest BCUT2D eigenvalue weighted by Crippen LogP contribution is -2.03. The topological polar surface area (TPSA) is 57.5 Å². The first kappa shape index (κ1) is 14.9. The molecule has 3 nitrogen and oxygen atoms in total. The Hall–Kier alpha value is -3.07. The molecular formula is C20H16O3. The van der Waals surface area contributed by atoms with Crippen LogP contribution in [0.1, 0.15) is 15.9 Å². The number of benzene rings is 3. The Morgan fingerprint density at radius 1 is 0.652 bits per heavy atom. The molecule has 0 radical (unpaired) electrons. The molecule has 0 fully saturated rings. The van der Waals surface area contributed by atoms with Crippen molar-refractivity contribution >= 4 is 5.78 Å². The van der Waals surface area contributed by atoms with Crippen molar-refractivity contribution in [3.63, 3.8) is 0 Å². The highest BCUT2D eigenvalue weighted by Crippen LogP contribution is 2.22. The molecule has 3 aromatic rings. The Morgan fingerprint density at radius 2 is 1.09 bits per heavy atom. The molecular weight excluding hydrogens is 288 g/mol. The average Bonchev–Trinajstić information content (AvgIpc) is 2.57. The maximum Gasteiger partial charge on any atom is 0.167 e. The summed E-state index contributed by atoms with van der Waals surface area (Å²) in [7, 11) is 0. The van der Waals surface area contributed by atoms with Crippen molar-refractivity contribution in [1.82, 2.24) is 0 Å². The quantitative estimate of drug-likeness (QED) is 0.711. The van der Waals surface area contributed by atoms with Crippen LogP contribution in [-0.4, -0.2) is 16.0 Å². The van der Waals surface area contributed by atoms with Crippen LogP contribution in [0.15, 0.2) is 72.8 Å². The van der Waals surface area contributed by atoms with Crippen molar-refractivity contribution in [2.24, 2.45) is 0 Å². The summed E-state index contributed by atoms with van der Waals surface area (Å²) < 4.78 is 0. The lowest BCUT2D eigenvalue weighted by atomic mass is 9.99. The standard InChI is InChI=1S/C20H16O3/c21-18-9-5-16(6-10-18)15-3-1-14(2-4-15)13-20(23)17-7-11-19(22)12-8-17/h1-12,21-22H,13H2. The molecule has 114 valence electrons. The SMILES string of the molecule is O=C(Cc1ccc(-c2ccc(O)cc2)cc1)c1ccc(O)cc1. The second kappa shape index (κ2) is 6.36. The minimum Gasteiger partial charge on any atom is -0.508 e. The van der Waals surface area contributed by atoms with Gasteiger partial charge in [-0.25, -0.2) is 0 Å². The van der Waals surface area contributed by atoms with Crippen LogP contribution in [0.4, 0.5) is 0 Å². The molecule has 0 saturated carbocycles. The van der Waals surface area contributed by atoms with E-state index < -0.39 is 0 Å². The molecule has 3 aromatic carbocycles. The number of hydrogen-bond donors (Lipinski definition) is 2. The number of aromatic hydroxyl groups is 2. The van der Waals surface area contributed by atoms with Gasteiger partial charge in [-0.3, -0.25) is 4.79 Å². The summed E-state index contributed by atoms with van der Waals surface area (Å²) in [6.07, 6.45) is 0.320. The van der Waals surface area contributed by atoms with E-state index in [0.29, 0.717) is 12.0 Å². The zero-order valence-electron chi connectivity index (χ0n) is 12.4. The van der Waals surface area contributed by atoms with E-state index in [4.69, 9.17) is 0 Å². The van der Waals surface area contributed by atoms with E-state index in [-0.39, 0.29) is 17.3 Å². The normalized spacial score (nSPS) is 10.4. The van der Waals surface area contributed by atoms with Gasteiger partial charge in [0.1, 0.15) is 11.5 Å². The minimum atomic E-state index is 0.0161. The molecule has 23 heavy (non-hydrogen) atoms. The third-order valence-electron chi connectivity index (χ3n) is 3.71. The molecule has 2 N–H and O–H groups in total. The second-order valence-electron chi connectivity index (χ2n) is 5.39. The van der Waals surface area contributed by atoms with Crippen LogP contribution in [0.5, 0.6) is 11.5 Å². The third-order valence-corrected chi connectivity index (χ3v) is 3.71. The fourth-order valence-corrected chi connectivity index (χ4v) is 2.40. The number of Topliss-reactive ketones (excluding diaryl/α,β-unsaturated/α-hetero) is 1. The van der Waals surface area contributed by atoms with Crippen molar-refractivity contribution in [1.29, 1.82) is 0 Å². The molecule has 0 aliphatic carbocycles. The highest BCUT2D eigenvalue weighted by molar-refractivity contribution is 5.97. The Balaban J connectivity index is 1.73. The largest absolute Gasteiger partial charge is 0.508 e. The molecule has 0 atom stereocenters. The smallest absolute Gasteiger partial charge is 0.167 e. The molecule has 0 saturated heterocycles. The summed E-state index contributed by atoms with van der Waals surface area (Å²) in [5, 5.41) is 18.6. The first-order valence-electron chi connectivity index (χ1n) is 7.32. The van der Waals surface area contributed by atoms with Gasteiger partial charge in [0.15, 0.2) is 5.78 Å². The minimum absolute atomic E-state index is 0.0161. The van der Waals surface area contributed by atoms with Crippen LogP contribution < -0.4 is 0 Å². The predicted molar refractivity (Wildman–Crippen MR) is 89.7 cm³/mol. The second-order valence-corrected chi connectivity index (χ2v) is 5.39. The molecule has 0 aliphatic rings. The van der Waals surface area contributed by atoms with Crippen molar-refractivity contribution in [3.8, 4) is 22.6 Å². The monoisotopic (exact) mass is 304 g/mol. The van der Waals surface area contributed by atoms with Gasteiger partial charge < -0.3 is 10.2 Å². The summed E-state index contributed by atoms with van der Waals surface area (Å²) in [5.74, 6) is 0.409. The van der Waals surface area contributed by atoms with Gasteiger partial charge in [0, 0.05) is 12.0 Å². The summed E-state index contributed by atoms with van der Waals surface area (Å²) in [6, 6.07) is 21.1. The van der Waals surface area contributed by atoms with E-state index in [1.54, 1.807) is 24.3 Å². The van der Waals surface area contributed by atoms with E-state index in [2.05, 4.69) is 0 Å². The first-order chi connectivity index (χ1) is 11.1. The summed E-state index contributed by atoms with van der Waals surface area (Å²) in [5.41, 5.74) is 3.57. The zero-order chi connectivity index (χ0) is 16.2. The van der Waals surface area contributed by atoms with Gasteiger partial charge in [-0.2, -0.15) is 0 Å². The van der Waals surface area contributed by atoms with E-state index >= 15 is 0 Å². The summed E-state index contributed by atoms with van der Waals surface area (Å²) in [4.78, 5) is 12.2. The predicted octanol–water partition coefficient (Wildman–Crippen LogP) is 4.19. The first-order valence-corrected chi connectivity index (χ1v) is 7.32. The molecule has 3 rings (SSSR count). The van der Waals surface area contributed by atoms with Crippen LogP contribution in [0.3, 0.4) is 0 Å². The number of hydrogen-bond acceptors (Lipinski definition) is 3. The third kappa shape index (κ3) is 3.58. The van der Waals surface area contributed by atoms with Gasteiger partial charge >= 0.3 is 0 Å². The maximum absolute atomic E-state index is 12.2. The van der Waals surface area contributed by atoms with Crippen molar-refractivity contribution < 1.29 is 15.0 Å². The van der Waals surface area contributed by atoms with Crippen LogP contribution in [0, 0.1) is 0 Å². The van der Waals surface area contributed by atoms with E-state index in [1.165, 1.54) is 12.1 Å². The number of phenols is 2.